The molecule has 1 aliphatic heterocycles. The number of piperazine rings is 1. The molecule has 1 saturated heterocycles. The second-order valence-corrected chi connectivity index (χ2v) is 7.40. The van der Waals surface area contributed by atoms with Crippen LogP contribution in [0.5, 0.6) is 0 Å². The Hall–Kier alpha value is 0.120. The molecule has 1 aliphatic rings. The molecule has 0 spiro atoms. The number of nitrogens with zero attached hydrogens (tertiary/aromatic N) is 3. The van der Waals surface area contributed by atoms with Crippen LogP contribution in [0.2, 0.25) is 0 Å². The maximum atomic E-state index is 11.8. The summed E-state index contributed by atoms with van der Waals surface area (Å²) < 4.78 is 39.8. The second kappa shape index (κ2) is 10.0. The monoisotopic (exact) mass is 366 g/mol. The van der Waals surface area contributed by atoms with Gasteiger partial charge in [0.15, 0.2) is 0 Å². The molecule has 0 aromatic carbocycles. The highest BCUT2D eigenvalue weighted by Gasteiger charge is 2.28. The zero-order valence-corrected chi connectivity index (χ0v) is 13.6. The molecule has 12 heteroatoms. The third-order valence-electron chi connectivity index (χ3n) is 2.53. The van der Waals surface area contributed by atoms with Crippen LogP contribution < -0.4 is 4.13 Å². The van der Waals surface area contributed by atoms with Crippen molar-refractivity contribution in [1.29, 1.82) is 0 Å². The summed E-state index contributed by atoms with van der Waals surface area (Å²) in [5, 5.41) is 10.4. The summed E-state index contributed by atoms with van der Waals surface area (Å²) in [6.07, 6.45) is 0.801. The number of rotatable bonds is 9. The lowest BCUT2D eigenvalue weighted by molar-refractivity contribution is -0.504. The number of alkyl halides is 3. The number of hydrogen-bond donors (Lipinski definition) is 1. The summed E-state index contributed by atoms with van der Waals surface area (Å²) in [6, 6.07) is 0. The Morgan fingerprint density at radius 1 is 1.19 bits per heavy atom. The first-order valence-electron chi connectivity index (χ1n) is 6.20. The normalized spacial score (nSPS) is 18.0. The lowest BCUT2D eigenvalue weighted by atomic mass is 10.4. The maximum Gasteiger partial charge on any atom is 0.456 e. The largest absolute Gasteiger partial charge is 0.456 e. The van der Waals surface area contributed by atoms with Gasteiger partial charge in [-0.05, 0) is 6.42 Å². The van der Waals surface area contributed by atoms with Crippen molar-refractivity contribution in [3.8, 4) is 0 Å². The van der Waals surface area contributed by atoms with Gasteiger partial charge in [-0.2, -0.15) is 13.2 Å². The van der Waals surface area contributed by atoms with E-state index in [1.165, 1.54) is 0 Å². The van der Waals surface area contributed by atoms with Gasteiger partial charge in [0.25, 0.3) is 6.67 Å². The topological polar surface area (TPSA) is 61.7 Å². The predicted octanol–water partition coefficient (Wildman–Crippen LogP) is 2.28. The number of nitrogens with one attached hydrogen (secondary N) is 1. The van der Waals surface area contributed by atoms with Gasteiger partial charge in [-0.25, -0.2) is 13.3 Å². The third kappa shape index (κ3) is 10.5. The van der Waals surface area contributed by atoms with Crippen molar-refractivity contribution < 1.29 is 18.1 Å². The highest BCUT2D eigenvalue weighted by Crippen LogP contribution is 2.29. The molecule has 0 saturated carbocycles. The van der Waals surface area contributed by atoms with E-state index in [-0.39, 0.29) is 23.5 Å². The van der Waals surface area contributed by atoms with Crippen molar-refractivity contribution in [2.45, 2.75) is 11.9 Å². The van der Waals surface area contributed by atoms with Gasteiger partial charge >= 0.3 is 5.51 Å². The van der Waals surface area contributed by atoms with Gasteiger partial charge in [0, 0.05) is 54.6 Å². The van der Waals surface area contributed by atoms with Gasteiger partial charge < -0.3 is 0 Å². The SMILES string of the molecule is O=[N+]([O-])CN1CCN(SCCCSNSC(F)(F)F)CC1. The highest BCUT2D eigenvalue weighted by atomic mass is 32.2. The Balaban J connectivity index is 1.94. The summed E-state index contributed by atoms with van der Waals surface area (Å²) >= 11 is 2.46. The van der Waals surface area contributed by atoms with E-state index in [4.69, 9.17) is 0 Å². The molecule has 0 radical (unpaired) electrons. The lowest BCUT2D eigenvalue weighted by Crippen LogP contribution is -2.45. The maximum absolute atomic E-state index is 11.8. The molecule has 0 aromatic rings. The fourth-order valence-corrected chi connectivity index (χ4v) is 3.98. The average molecular weight is 366 g/mol. The Bertz CT molecular complexity index is 317. The van der Waals surface area contributed by atoms with Crippen LogP contribution in [0.15, 0.2) is 0 Å². The summed E-state index contributed by atoms with van der Waals surface area (Å²) in [6.45, 7) is 2.78. The van der Waals surface area contributed by atoms with Crippen LogP contribution in [0.3, 0.4) is 0 Å². The van der Waals surface area contributed by atoms with E-state index in [1.807, 2.05) is 0 Å². The Labute approximate surface area is 134 Å². The molecule has 1 rings (SSSR count). The zero-order chi connectivity index (χ0) is 15.7. The molecule has 1 fully saturated rings. The van der Waals surface area contributed by atoms with Crippen LogP contribution in [-0.4, -0.2) is 64.0 Å². The van der Waals surface area contributed by atoms with Crippen molar-refractivity contribution >= 4 is 35.8 Å². The van der Waals surface area contributed by atoms with Gasteiger partial charge in [-0.15, -0.1) is 0 Å². The Morgan fingerprint density at radius 3 is 2.43 bits per heavy atom. The van der Waals surface area contributed by atoms with E-state index in [0.717, 1.165) is 37.2 Å². The summed E-state index contributed by atoms with van der Waals surface area (Å²) in [5.74, 6) is 1.44. The van der Waals surface area contributed by atoms with Crippen LogP contribution in [-0.2, 0) is 0 Å². The molecule has 0 atom stereocenters. The van der Waals surface area contributed by atoms with Crippen molar-refractivity contribution in [2.24, 2.45) is 0 Å². The quantitative estimate of drug-likeness (QED) is 0.289. The van der Waals surface area contributed by atoms with E-state index in [9.17, 15) is 23.3 Å². The fraction of sp³-hybridized carbons (Fsp3) is 1.00. The van der Waals surface area contributed by atoms with E-state index in [0.29, 0.717) is 18.8 Å². The first-order valence-corrected chi connectivity index (χ1v) is 8.95. The van der Waals surface area contributed by atoms with Crippen LogP contribution in [0.25, 0.3) is 0 Å². The van der Waals surface area contributed by atoms with Gasteiger partial charge in [-0.1, -0.05) is 23.9 Å². The minimum absolute atomic E-state index is 0.113. The average Bonchev–Trinajstić information content (AvgIpc) is 2.37. The highest BCUT2D eigenvalue weighted by molar-refractivity contribution is 8.13. The third-order valence-corrected chi connectivity index (χ3v) is 5.26. The number of nitro groups is 1. The Kier molecular flexibility index (Phi) is 9.13. The fourth-order valence-electron chi connectivity index (χ4n) is 1.61. The van der Waals surface area contributed by atoms with E-state index >= 15 is 0 Å². The minimum atomic E-state index is -4.24. The molecule has 0 bridgehead atoms. The number of halogens is 3. The number of hydrogen-bond acceptors (Lipinski definition) is 8. The van der Waals surface area contributed by atoms with E-state index < -0.39 is 5.51 Å². The van der Waals surface area contributed by atoms with E-state index in [1.54, 1.807) is 16.8 Å². The molecule has 124 valence electrons. The summed E-state index contributed by atoms with van der Waals surface area (Å²) in [7, 11) is 0. The van der Waals surface area contributed by atoms with Crippen LogP contribution in [0.1, 0.15) is 6.42 Å². The minimum Gasteiger partial charge on any atom is -0.263 e. The van der Waals surface area contributed by atoms with Crippen molar-refractivity contribution in [3.05, 3.63) is 10.1 Å². The molecule has 0 unspecified atom stereocenters. The summed E-state index contributed by atoms with van der Waals surface area (Å²) in [4.78, 5) is 11.8. The molecule has 1 heterocycles. The van der Waals surface area contributed by atoms with Crippen molar-refractivity contribution in [1.82, 2.24) is 13.3 Å². The lowest BCUT2D eigenvalue weighted by Gasteiger charge is -2.31. The molecule has 6 nitrogen and oxygen atoms in total. The van der Waals surface area contributed by atoms with Gasteiger partial charge in [0.2, 0.25) is 0 Å². The molecule has 0 aliphatic carbocycles. The first kappa shape index (κ1) is 19.2. The van der Waals surface area contributed by atoms with Crippen LogP contribution >= 0.6 is 35.8 Å². The summed E-state index contributed by atoms with van der Waals surface area (Å²) in [5.41, 5.74) is -4.24. The second-order valence-electron chi connectivity index (χ2n) is 4.19. The van der Waals surface area contributed by atoms with Gasteiger partial charge in [0.1, 0.15) is 0 Å². The van der Waals surface area contributed by atoms with Crippen LogP contribution in [0, 0.1) is 10.1 Å². The van der Waals surface area contributed by atoms with Crippen molar-refractivity contribution in [3.63, 3.8) is 0 Å². The van der Waals surface area contributed by atoms with Gasteiger partial charge in [0.05, 0.1) is 0 Å². The van der Waals surface area contributed by atoms with Gasteiger partial charge in [-0.3, -0.25) is 10.1 Å². The molecule has 1 N–H and O–H groups in total. The van der Waals surface area contributed by atoms with Crippen LogP contribution in [0.4, 0.5) is 13.2 Å². The van der Waals surface area contributed by atoms with Crippen molar-refractivity contribution in [2.75, 3.05) is 44.4 Å². The molecule has 0 aromatic heterocycles. The first-order chi connectivity index (χ1) is 9.87. The zero-order valence-electron chi connectivity index (χ0n) is 11.2. The molecular weight excluding hydrogens is 349 g/mol. The molecular formula is C9H17F3N4O2S3. The molecule has 21 heavy (non-hydrogen) atoms. The predicted molar refractivity (Wildman–Crippen MR) is 81.3 cm³/mol. The molecule has 0 amide bonds. The Morgan fingerprint density at radius 2 is 1.86 bits per heavy atom. The standard InChI is InChI=1S/C9H17F3N4O2S3/c10-9(11,12)21-13-19-6-1-7-20-15-4-2-14(3-5-15)8-16(17)18/h13H,1-8H2. The smallest absolute Gasteiger partial charge is 0.263 e. The van der Waals surface area contributed by atoms with E-state index in [2.05, 4.69) is 8.43 Å².